The van der Waals surface area contributed by atoms with Gasteiger partial charge in [0, 0.05) is 25.5 Å². The van der Waals surface area contributed by atoms with Crippen LogP contribution in [0, 0.1) is 0 Å². The molecule has 7 nitrogen and oxygen atoms in total. The van der Waals surface area contributed by atoms with E-state index in [0.717, 1.165) is 6.26 Å². The Morgan fingerprint density at radius 3 is 2.55 bits per heavy atom. The average molecular weight is 321 g/mol. The molecule has 0 saturated heterocycles. The number of sulfonamides is 1. The van der Waals surface area contributed by atoms with Crippen LogP contribution >= 0.6 is 0 Å². The van der Waals surface area contributed by atoms with Crippen molar-refractivity contribution < 1.29 is 16.8 Å². The summed E-state index contributed by atoms with van der Waals surface area (Å²) < 4.78 is 48.5. The molecule has 0 aromatic carbocycles. The summed E-state index contributed by atoms with van der Waals surface area (Å²) in [6, 6.07) is 2.98. The van der Waals surface area contributed by atoms with Gasteiger partial charge in [-0.15, -0.1) is 0 Å². The van der Waals surface area contributed by atoms with E-state index in [2.05, 4.69) is 15.0 Å². The van der Waals surface area contributed by atoms with Crippen molar-refractivity contribution in [1.82, 2.24) is 9.71 Å². The SMILES string of the molecule is CCNc1ncccc1S(=O)(=O)NCCCS(C)(=O)=O. The summed E-state index contributed by atoms with van der Waals surface area (Å²) >= 11 is 0. The number of anilines is 1. The second-order valence-electron chi connectivity index (χ2n) is 4.26. The first-order chi connectivity index (χ1) is 9.26. The first-order valence-electron chi connectivity index (χ1n) is 6.12. The maximum Gasteiger partial charge on any atom is 0.244 e. The van der Waals surface area contributed by atoms with E-state index < -0.39 is 19.9 Å². The van der Waals surface area contributed by atoms with Crippen molar-refractivity contribution in [2.45, 2.75) is 18.2 Å². The fraction of sp³-hybridized carbons (Fsp3) is 0.545. The summed E-state index contributed by atoms with van der Waals surface area (Å²) in [6.45, 7) is 2.45. The molecule has 1 aromatic heterocycles. The molecule has 0 saturated carbocycles. The van der Waals surface area contributed by atoms with Gasteiger partial charge in [0.05, 0.1) is 5.75 Å². The zero-order chi connectivity index (χ0) is 15.2. The van der Waals surface area contributed by atoms with Crippen LogP contribution in [0.25, 0.3) is 0 Å². The molecule has 0 fully saturated rings. The number of nitrogens with one attached hydrogen (secondary N) is 2. The maximum atomic E-state index is 12.1. The zero-order valence-electron chi connectivity index (χ0n) is 11.5. The molecular formula is C11H19N3O4S2. The maximum absolute atomic E-state index is 12.1. The molecule has 0 aliphatic carbocycles. The topological polar surface area (TPSA) is 105 Å². The standard InChI is InChI=1S/C11H19N3O4S2/c1-3-12-11-10(6-4-7-13-11)20(17,18)14-8-5-9-19(2,15)16/h4,6-7,14H,3,5,8-9H2,1-2H3,(H,12,13). The molecule has 9 heteroatoms. The van der Waals surface area contributed by atoms with Gasteiger partial charge < -0.3 is 5.32 Å². The van der Waals surface area contributed by atoms with E-state index in [9.17, 15) is 16.8 Å². The normalized spacial score (nSPS) is 12.3. The lowest BCUT2D eigenvalue weighted by Crippen LogP contribution is -2.27. The minimum Gasteiger partial charge on any atom is -0.369 e. The highest BCUT2D eigenvalue weighted by Gasteiger charge is 2.18. The predicted octanol–water partition coefficient (Wildman–Crippen LogP) is 0.226. The Labute approximate surface area is 119 Å². The van der Waals surface area contributed by atoms with Crippen molar-refractivity contribution in [3.8, 4) is 0 Å². The Bertz CT molecular complexity index is 641. The zero-order valence-corrected chi connectivity index (χ0v) is 13.1. The molecule has 2 N–H and O–H groups in total. The highest BCUT2D eigenvalue weighted by molar-refractivity contribution is 7.90. The third-order valence-corrected chi connectivity index (χ3v) is 4.91. The molecule has 0 bridgehead atoms. The lowest BCUT2D eigenvalue weighted by Gasteiger charge is -2.10. The van der Waals surface area contributed by atoms with Crippen molar-refractivity contribution >= 4 is 25.7 Å². The van der Waals surface area contributed by atoms with E-state index in [4.69, 9.17) is 0 Å². The van der Waals surface area contributed by atoms with Gasteiger partial charge in [0.15, 0.2) is 0 Å². The summed E-state index contributed by atoms with van der Waals surface area (Å²) in [5.74, 6) is 0.230. The van der Waals surface area contributed by atoms with Crippen LogP contribution in [0.1, 0.15) is 13.3 Å². The predicted molar refractivity (Wildman–Crippen MR) is 77.9 cm³/mol. The van der Waals surface area contributed by atoms with E-state index in [0.29, 0.717) is 6.54 Å². The number of hydrogen-bond donors (Lipinski definition) is 2. The molecule has 0 radical (unpaired) electrons. The molecule has 1 rings (SSSR count). The van der Waals surface area contributed by atoms with Gasteiger partial charge in [-0.25, -0.2) is 26.5 Å². The van der Waals surface area contributed by atoms with Crippen molar-refractivity contribution in [2.24, 2.45) is 0 Å². The van der Waals surface area contributed by atoms with E-state index in [1.165, 1.54) is 18.3 Å². The van der Waals surface area contributed by atoms with Crippen LogP contribution in [-0.4, -0.2) is 46.9 Å². The van der Waals surface area contributed by atoms with Gasteiger partial charge in [0.1, 0.15) is 20.6 Å². The summed E-state index contributed by atoms with van der Waals surface area (Å²) in [4.78, 5) is 4.03. The molecule has 1 heterocycles. The van der Waals surface area contributed by atoms with Crippen LogP contribution in [0.4, 0.5) is 5.82 Å². The van der Waals surface area contributed by atoms with Crippen LogP contribution < -0.4 is 10.0 Å². The van der Waals surface area contributed by atoms with Gasteiger partial charge in [-0.2, -0.15) is 0 Å². The van der Waals surface area contributed by atoms with Gasteiger partial charge in [0.2, 0.25) is 10.0 Å². The number of sulfone groups is 1. The highest BCUT2D eigenvalue weighted by atomic mass is 32.2. The molecule has 0 amide bonds. The summed E-state index contributed by atoms with van der Waals surface area (Å²) in [5, 5.41) is 2.87. The first kappa shape index (κ1) is 16.9. The second kappa shape index (κ2) is 7.00. The summed E-state index contributed by atoms with van der Waals surface area (Å²) in [6.07, 6.45) is 2.85. The van der Waals surface area contributed by atoms with Crippen molar-refractivity contribution in [3.63, 3.8) is 0 Å². The van der Waals surface area contributed by atoms with E-state index in [1.54, 1.807) is 0 Å². The van der Waals surface area contributed by atoms with Crippen molar-refractivity contribution in [3.05, 3.63) is 18.3 Å². The summed E-state index contributed by atoms with van der Waals surface area (Å²) in [7, 11) is -6.78. The second-order valence-corrected chi connectivity index (χ2v) is 8.26. The average Bonchev–Trinajstić information content (AvgIpc) is 2.35. The Morgan fingerprint density at radius 1 is 1.25 bits per heavy atom. The number of aromatic nitrogens is 1. The molecule has 0 atom stereocenters. The smallest absolute Gasteiger partial charge is 0.244 e. The van der Waals surface area contributed by atoms with Gasteiger partial charge in [0.25, 0.3) is 0 Å². The quantitative estimate of drug-likeness (QED) is 0.664. The molecular weight excluding hydrogens is 302 g/mol. The third-order valence-electron chi connectivity index (χ3n) is 2.39. The van der Waals surface area contributed by atoms with Gasteiger partial charge in [-0.1, -0.05) is 0 Å². The fourth-order valence-electron chi connectivity index (χ4n) is 1.53. The molecule has 114 valence electrons. The number of hydrogen-bond acceptors (Lipinski definition) is 6. The van der Waals surface area contributed by atoms with E-state index in [-0.39, 0.29) is 29.4 Å². The van der Waals surface area contributed by atoms with Crippen LogP contribution in [0.5, 0.6) is 0 Å². The Morgan fingerprint density at radius 2 is 1.95 bits per heavy atom. The van der Waals surface area contributed by atoms with Gasteiger partial charge >= 0.3 is 0 Å². The van der Waals surface area contributed by atoms with Crippen molar-refractivity contribution in [2.75, 3.05) is 30.4 Å². The summed E-state index contributed by atoms with van der Waals surface area (Å²) in [5.41, 5.74) is 0. The third kappa shape index (κ3) is 5.43. The van der Waals surface area contributed by atoms with Crippen LogP contribution in [0.15, 0.2) is 23.2 Å². The van der Waals surface area contributed by atoms with Crippen LogP contribution in [0.3, 0.4) is 0 Å². The monoisotopic (exact) mass is 321 g/mol. The molecule has 1 aromatic rings. The Hall–Kier alpha value is -1.19. The first-order valence-corrected chi connectivity index (χ1v) is 9.67. The molecule has 20 heavy (non-hydrogen) atoms. The van der Waals surface area contributed by atoms with Gasteiger partial charge in [-0.05, 0) is 25.5 Å². The minimum absolute atomic E-state index is 0.0529. The largest absolute Gasteiger partial charge is 0.369 e. The number of nitrogens with zero attached hydrogens (tertiary/aromatic N) is 1. The minimum atomic E-state index is -3.70. The van der Waals surface area contributed by atoms with E-state index >= 15 is 0 Å². The van der Waals surface area contributed by atoms with Gasteiger partial charge in [-0.3, -0.25) is 0 Å². The lowest BCUT2D eigenvalue weighted by molar-refractivity contribution is 0.577. The molecule has 0 aliphatic rings. The highest BCUT2D eigenvalue weighted by Crippen LogP contribution is 2.17. The number of pyridine rings is 1. The fourth-order valence-corrected chi connectivity index (χ4v) is 3.40. The molecule has 0 aliphatic heterocycles. The van der Waals surface area contributed by atoms with E-state index in [1.807, 2.05) is 6.92 Å². The number of rotatable bonds is 8. The van der Waals surface area contributed by atoms with Crippen LogP contribution in [-0.2, 0) is 19.9 Å². The van der Waals surface area contributed by atoms with Crippen LogP contribution in [0.2, 0.25) is 0 Å². The molecule has 0 unspecified atom stereocenters. The Balaban J connectivity index is 2.74. The van der Waals surface area contributed by atoms with Crippen molar-refractivity contribution in [1.29, 1.82) is 0 Å². The Kier molecular flexibility index (Phi) is 5.90. The molecule has 0 spiro atoms. The lowest BCUT2D eigenvalue weighted by atomic mass is 10.4.